The van der Waals surface area contributed by atoms with Gasteiger partial charge in [0.15, 0.2) is 0 Å². The van der Waals surface area contributed by atoms with Gasteiger partial charge in [0.05, 0.1) is 35.1 Å². The zero-order valence-corrected chi connectivity index (χ0v) is 17.3. The van der Waals surface area contributed by atoms with Crippen molar-refractivity contribution in [2.24, 2.45) is 5.92 Å². The third kappa shape index (κ3) is 3.17. The second-order valence-electron chi connectivity index (χ2n) is 9.14. The molecule has 2 aromatic rings. The van der Waals surface area contributed by atoms with Gasteiger partial charge >= 0.3 is 0 Å². The van der Waals surface area contributed by atoms with Crippen LogP contribution in [0.15, 0.2) is 24.5 Å². The summed E-state index contributed by atoms with van der Waals surface area (Å²) in [6.07, 6.45) is 8.07. The molecule has 7 heteroatoms. The molecule has 2 aromatic heterocycles. The van der Waals surface area contributed by atoms with E-state index in [0.29, 0.717) is 35.0 Å². The van der Waals surface area contributed by atoms with Crippen LogP contribution in [0.3, 0.4) is 0 Å². The maximum atomic E-state index is 13.4. The summed E-state index contributed by atoms with van der Waals surface area (Å²) >= 11 is 0. The number of rotatable bonds is 5. The van der Waals surface area contributed by atoms with Crippen LogP contribution in [0, 0.1) is 5.92 Å². The van der Waals surface area contributed by atoms with Crippen LogP contribution >= 0.6 is 0 Å². The number of aromatic nitrogens is 2. The molecule has 3 aliphatic rings. The molecule has 0 unspecified atom stereocenters. The monoisotopic (exact) mass is 406 g/mol. The molecular weight excluding hydrogens is 380 g/mol. The Morgan fingerprint density at radius 2 is 1.93 bits per heavy atom. The fraction of sp³-hybridized carbons (Fsp3) is 0.478. The molecule has 0 radical (unpaired) electrons. The van der Waals surface area contributed by atoms with Gasteiger partial charge in [-0.05, 0) is 69.6 Å². The van der Waals surface area contributed by atoms with E-state index >= 15 is 0 Å². The van der Waals surface area contributed by atoms with E-state index in [-0.39, 0.29) is 17.9 Å². The molecule has 1 fully saturated rings. The van der Waals surface area contributed by atoms with Crippen LogP contribution in [-0.2, 0) is 19.4 Å². The highest BCUT2D eigenvalue weighted by molar-refractivity contribution is 6.11. The summed E-state index contributed by atoms with van der Waals surface area (Å²) in [5.41, 5.74) is 3.18. The molecule has 30 heavy (non-hydrogen) atoms. The first kappa shape index (κ1) is 19.2. The van der Waals surface area contributed by atoms with Gasteiger partial charge in [0.1, 0.15) is 0 Å². The average Bonchev–Trinajstić information content (AvgIpc) is 3.29. The van der Waals surface area contributed by atoms with Crippen molar-refractivity contribution in [3.8, 4) is 0 Å². The minimum Gasteiger partial charge on any atom is -0.388 e. The third-order valence-corrected chi connectivity index (χ3v) is 6.43. The molecule has 1 aliphatic heterocycles. The number of hydrogen-bond acceptors (Lipinski definition) is 5. The van der Waals surface area contributed by atoms with Gasteiger partial charge in [0, 0.05) is 23.7 Å². The van der Waals surface area contributed by atoms with E-state index in [2.05, 4.69) is 15.3 Å². The molecule has 156 valence electrons. The molecule has 0 saturated heterocycles. The Labute approximate surface area is 175 Å². The number of carbonyl (C=O) groups excluding carboxylic acids is 2. The van der Waals surface area contributed by atoms with Crippen molar-refractivity contribution in [3.63, 3.8) is 0 Å². The lowest BCUT2D eigenvalue weighted by Gasteiger charge is -2.37. The van der Waals surface area contributed by atoms with E-state index in [1.807, 2.05) is 0 Å². The summed E-state index contributed by atoms with van der Waals surface area (Å²) in [4.78, 5) is 36.9. The normalized spacial score (nSPS) is 18.9. The molecule has 5 rings (SSSR count). The molecule has 0 aromatic carbocycles. The molecule has 2 amide bonds. The van der Waals surface area contributed by atoms with Gasteiger partial charge in [-0.1, -0.05) is 0 Å². The molecule has 3 heterocycles. The van der Waals surface area contributed by atoms with Crippen LogP contribution in [0.5, 0.6) is 0 Å². The summed E-state index contributed by atoms with van der Waals surface area (Å²) in [5, 5.41) is 13.7. The van der Waals surface area contributed by atoms with Crippen LogP contribution in [0.4, 0.5) is 5.69 Å². The number of aryl methyl sites for hydroxylation is 1. The van der Waals surface area contributed by atoms with Crippen molar-refractivity contribution in [3.05, 3.63) is 52.6 Å². The Morgan fingerprint density at radius 3 is 2.67 bits per heavy atom. The van der Waals surface area contributed by atoms with Crippen LogP contribution in [0.1, 0.15) is 70.8 Å². The number of pyridine rings is 2. The summed E-state index contributed by atoms with van der Waals surface area (Å²) < 4.78 is 0. The molecule has 2 N–H and O–H groups in total. The van der Waals surface area contributed by atoms with Crippen molar-refractivity contribution in [1.29, 1.82) is 0 Å². The number of amides is 2. The van der Waals surface area contributed by atoms with Gasteiger partial charge in [-0.15, -0.1) is 0 Å². The first-order chi connectivity index (χ1) is 14.3. The van der Waals surface area contributed by atoms with Gasteiger partial charge in [0.25, 0.3) is 11.8 Å². The highest BCUT2D eigenvalue weighted by Crippen LogP contribution is 2.43. The fourth-order valence-electron chi connectivity index (χ4n) is 5.06. The lowest BCUT2D eigenvalue weighted by molar-refractivity contribution is -0.0225. The average molecular weight is 406 g/mol. The topological polar surface area (TPSA) is 95.4 Å². The number of aliphatic hydroxyl groups is 1. The summed E-state index contributed by atoms with van der Waals surface area (Å²) in [7, 11) is 0. The predicted molar refractivity (Wildman–Crippen MR) is 111 cm³/mol. The maximum absolute atomic E-state index is 13.4. The lowest BCUT2D eigenvalue weighted by Crippen LogP contribution is -2.51. The Bertz CT molecular complexity index is 1040. The Morgan fingerprint density at radius 1 is 1.20 bits per heavy atom. The minimum absolute atomic E-state index is 0.174. The summed E-state index contributed by atoms with van der Waals surface area (Å²) in [6.45, 7) is 3.87. The first-order valence-electron chi connectivity index (χ1n) is 10.6. The highest BCUT2D eigenvalue weighted by atomic mass is 16.3. The summed E-state index contributed by atoms with van der Waals surface area (Å²) in [5.74, 6) is -0.0930. The molecule has 1 atom stereocenters. The molecule has 2 aliphatic carbocycles. The zero-order valence-electron chi connectivity index (χ0n) is 17.3. The number of nitrogens with one attached hydrogen (secondary N) is 1. The van der Waals surface area contributed by atoms with E-state index in [0.717, 1.165) is 43.4 Å². The van der Waals surface area contributed by atoms with Gasteiger partial charge in [-0.2, -0.15) is 0 Å². The summed E-state index contributed by atoms with van der Waals surface area (Å²) in [6, 6.07) is 3.16. The third-order valence-electron chi connectivity index (χ3n) is 6.43. The van der Waals surface area contributed by atoms with Crippen molar-refractivity contribution in [2.45, 2.75) is 64.1 Å². The van der Waals surface area contributed by atoms with Crippen LogP contribution in [0.2, 0.25) is 0 Å². The van der Waals surface area contributed by atoms with Gasteiger partial charge < -0.3 is 15.3 Å². The highest BCUT2D eigenvalue weighted by Gasteiger charge is 2.48. The van der Waals surface area contributed by atoms with Gasteiger partial charge in [-0.3, -0.25) is 19.6 Å². The predicted octanol–water partition coefficient (Wildman–Crippen LogP) is 2.72. The molecular formula is C23H26N4O3. The largest absolute Gasteiger partial charge is 0.388 e. The van der Waals surface area contributed by atoms with Crippen molar-refractivity contribution in [2.75, 3.05) is 5.32 Å². The fourth-order valence-corrected chi connectivity index (χ4v) is 5.06. The SMILES string of the molecule is CC(C)(O)[C@H](C1CC1)N1Cc2nccc(NC(=O)c3ccnc4c3CCC4)c2C1=O. The molecule has 0 bridgehead atoms. The number of hydrogen-bond donors (Lipinski definition) is 2. The molecule has 0 spiro atoms. The second kappa shape index (κ2) is 6.87. The number of carbonyl (C=O) groups is 2. The van der Waals surface area contributed by atoms with Gasteiger partial charge in [-0.25, -0.2) is 0 Å². The van der Waals surface area contributed by atoms with Crippen LogP contribution in [0.25, 0.3) is 0 Å². The minimum atomic E-state index is -1.00. The van der Waals surface area contributed by atoms with E-state index in [1.165, 1.54) is 0 Å². The lowest BCUT2D eigenvalue weighted by atomic mass is 9.93. The second-order valence-corrected chi connectivity index (χ2v) is 9.14. The first-order valence-corrected chi connectivity index (χ1v) is 10.6. The Kier molecular flexibility index (Phi) is 4.39. The molecule has 7 nitrogen and oxygen atoms in total. The van der Waals surface area contributed by atoms with E-state index in [1.54, 1.807) is 43.3 Å². The van der Waals surface area contributed by atoms with Crippen molar-refractivity contribution in [1.82, 2.24) is 14.9 Å². The number of fused-ring (bicyclic) bond motifs is 2. The Hall–Kier alpha value is -2.80. The van der Waals surface area contributed by atoms with Crippen molar-refractivity contribution < 1.29 is 14.7 Å². The maximum Gasteiger partial charge on any atom is 0.258 e. The smallest absolute Gasteiger partial charge is 0.258 e. The number of anilines is 1. The standard InChI is InChI=1S/C23H26N4O3/c1-23(2,30)20(13-6-7-13)27-12-18-19(22(27)29)17(9-11-25-18)26-21(28)15-8-10-24-16-5-3-4-14(15)16/h8-11,13,20,30H,3-7,12H2,1-2H3,(H,25,26,28)/t20-/m0/s1. The van der Waals surface area contributed by atoms with Gasteiger partial charge in [0.2, 0.25) is 0 Å². The Balaban J connectivity index is 1.44. The van der Waals surface area contributed by atoms with Crippen molar-refractivity contribution >= 4 is 17.5 Å². The molecule has 1 saturated carbocycles. The van der Waals surface area contributed by atoms with E-state index in [9.17, 15) is 14.7 Å². The van der Waals surface area contributed by atoms with Crippen LogP contribution < -0.4 is 5.32 Å². The van der Waals surface area contributed by atoms with E-state index < -0.39 is 5.60 Å². The van der Waals surface area contributed by atoms with Crippen LogP contribution in [-0.4, -0.2) is 43.4 Å². The zero-order chi connectivity index (χ0) is 21.0. The number of nitrogens with zero attached hydrogens (tertiary/aromatic N) is 3. The van der Waals surface area contributed by atoms with E-state index in [4.69, 9.17) is 0 Å². The quantitative estimate of drug-likeness (QED) is 0.796.